The van der Waals surface area contributed by atoms with Gasteiger partial charge in [-0.15, -0.1) is 0 Å². The quantitative estimate of drug-likeness (QED) is 0.642. The Morgan fingerprint density at radius 3 is 2.50 bits per heavy atom. The van der Waals surface area contributed by atoms with Crippen LogP contribution in [-0.2, 0) is 0 Å². The van der Waals surface area contributed by atoms with Crippen molar-refractivity contribution in [3.8, 4) is 0 Å². The molecule has 3 N–H and O–H groups in total. The molecule has 1 aromatic rings. The SMILES string of the molecule is CCN(CCN=C(N)NC(C)(C)C)c1ccccc1C. The second-order valence-electron chi connectivity index (χ2n) is 6.01. The Morgan fingerprint density at radius 1 is 1.30 bits per heavy atom. The van der Waals surface area contributed by atoms with Crippen LogP contribution in [0.15, 0.2) is 29.3 Å². The summed E-state index contributed by atoms with van der Waals surface area (Å²) in [4.78, 5) is 6.72. The minimum atomic E-state index is -0.0476. The molecule has 0 bridgehead atoms. The van der Waals surface area contributed by atoms with Crippen molar-refractivity contribution in [3.05, 3.63) is 29.8 Å². The standard InChI is InChI=1S/C16H28N4/c1-6-20(14-10-8-7-9-13(14)2)12-11-18-15(17)19-16(3,4)5/h7-10H,6,11-12H2,1-5H3,(H3,17,18,19). The number of hydrogen-bond donors (Lipinski definition) is 2. The number of aliphatic imine (C=N–C) groups is 1. The van der Waals surface area contributed by atoms with E-state index in [1.54, 1.807) is 0 Å². The van der Waals surface area contributed by atoms with Crippen molar-refractivity contribution in [3.63, 3.8) is 0 Å². The molecule has 0 aromatic heterocycles. The van der Waals surface area contributed by atoms with Crippen LogP contribution < -0.4 is 16.0 Å². The van der Waals surface area contributed by atoms with Gasteiger partial charge in [-0.1, -0.05) is 18.2 Å². The number of likely N-dealkylation sites (N-methyl/N-ethyl adjacent to an activating group) is 1. The first-order chi connectivity index (χ1) is 9.33. The minimum absolute atomic E-state index is 0.0476. The number of nitrogens with zero attached hydrogens (tertiary/aromatic N) is 2. The zero-order valence-electron chi connectivity index (χ0n) is 13.4. The third-order valence-electron chi connectivity index (χ3n) is 2.99. The lowest BCUT2D eigenvalue weighted by atomic mass is 10.1. The van der Waals surface area contributed by atoms with Gasteiger partial charge < -0.3 is 16.0 Å². The summed E-state index contributed by atoms with van der Waals surface area (Å²) in [6.45, 7) is 13.0. The first-order valence-corrected chi connectivity index (χ1v) is 7.22. The number of nitrogens with one attached hydrogen (secondary N) is 1. The van der Waals surface area contributed by atoms with Crippen LogP contribution in [0.3, 0.4) is 0 Å². The van der Waals surface area contributed by atoms with Crippen LogP contribution in [0, 0.1) is 6.92 Å². The van der Waals surface area contributed by atoms with Crippen LogP contribution in [0.25, 0.3) is 0 Å². The molecule has 4 nitrogen and oxygen atoms in total. The van der Waals surface area contributed by atoms with Crippen molar-refractivity contribution < 1.29 is 0 Å². The number of hydrogen-bond acceptors (Lipinski definition) is 2. The van der Waals surface area contributed by atoms with Gasteiger partial charge in [0.15, 0.2) is 5.96 Å². The molecule has 0 heterocycles. The monoisotopic (exact) mass is 276 g/mol. The van der Waals surface area contributed by atoms with E-state index >= 15 is 0 Å². The highest BCUT2D eigenvalue weighted by Crippen LogP contribution is 2.18. The predicted octanol–water partition coefficient (Wildman–Crippen LogP) is 2.52. The third kappa shape index (κ3) is 5.51. The number of anilines is 1. The topological polar surface area (TPSA) is 53.6 Å². The molecule has 0 unspecified atom stereocenters. The van der Waals surface area contributed by atoms with E-state index in [0.717, 1.165) is 13.1 Å². The van der Waals surface area contributed by atoms with Crippen molar-refractivity contribution in [1.82, 2.24) is 5.32 Å². The molecule has 112 valence electrons. The molecular weight excluding hydrogens is 248 g/mol. The average Bonchev–Trinajstić information content (AvgIpc) is 2.34. The van der Waals surface area contributed by atoms with Crippen molar-refractivity contribution in [2.24, 2.45) is 10.7 Å². The summed E-state index contributed by atoms with van der Waals surface area (Å²) in [6.07, 6.45) is 0. The highest BCUT2D eigenvalue weighted by Gasteiger charge is 2.10. The molecule has 0 atom stereocenters. The Bertz CT molecular complexity index is 446. The summed E-state index contributed by atoms with van der Waals surface area (Å²) in [6, 6.07) is 8.43. The molecule has 1 aromatic carbocycles. The van der Waals surface area contributed by atoms with Gasteiger partial charge in [0, 0.05) is 24.3 Å². The Morgan fingerprint density at radius 2 is 1.95 bits per heavy atom. The maximum Gasteiger partial charge on any atom is 0.189 e. The van der Waals surface area contributed by atoms with Gasteiger partial charge in [-0.2, -0.15) is 0 Å². The Balaban J connectivity index is 2.59. The highest BCUT2D eigenvalue weighted by molar-refractivity contribution is 5.78. The van der Waals surface area contributed by atoms with Crippen molar-refractivity contribution in [2.45, 2.75) is 40.2 Å². The molecule has 0 saturated heterocycles. The third-order valence-corrected chi connectivity index (χ3v) is 2.99. The van der Waals surface area contributed by atoms with Crippen LogP contribution in [0.2, 0.25) is 0 Å². The maximum atomic E-state index is 5.88. The van der Waals surface area contributed by atoms with Gasteiger partial charge in [-0.25, -0.2) is 0 Å². The lowest BCUT2D eigenvalue weighted by molar-refractivity contribution is 0.508. The molecule has 0 aliphatic rings. The van der Waals surface area contributed by atoms with Crippen LogP contribution in [0.1, 0.15) is 33.3 Å². The van der Waals surface area contributed by atoms with E-state index in [-0.39, 0.29) is 5.54 Å². The fourth-order valence-electron chi connectivity index (χ4n) is 2.08. The lowest BCUT2D eigenvalue weighted by Crippen LogP contribution is -2.45. The van der Waals surface area contributed by atoms with Crippen LogP contribution >= 0.6 is 0 Å². The summed E-state index contributed by atoms with van der Waals surface area (Å²) in [5, 5.41) is 3.17. The molecule has 4 heteroatoms. The van der Waals surface area contributed by atoms with Crippen molar-refractivity contribution in [2.75, 3.05) is 24.5 Å². The summed E-state index contributed by atoms with van der Waals surface area (Å²) in [5.41, 5.74) is 8.39. The van der Waals surface area contributed by atoms with Gasteiger partial charge >= 0.3 is 0 Å². The van der Waals surface area contributed by atoms with Crippen molar-refractivity contribution >= 4 is 11.6 Å². The number of aryl methyl sites for hydroxylation is 1. The van der Waals surface area contributed by atoms with E-state index in [2.05, 4.69) is 74.1 Å². The normalized spacial score (nSPS) is 12.3. The van der Waals surface area contributed by atoms with Gasteiger partial charge in [-0.05, 0) is 46.2 Å². The van der Waals surface area contributed by atoms with E-state index in [9.17, 15) is 0 Å². The molecule has 0 fully saturated rings. The van der Waals surface area contributed by atoms with Crippen LogP contribution in [-0.4, -0.2) is 31.1 Å². The molecule has 20 heavy (non-hydrogen) atoms. The summed E-state index contributed by atoms with van der Waals surface area (Å²) < 4.78 is 0. The second-order valence-corrected chi connectivity index (χ2v) is 6.01. The maximum absolute atomic E-state index is 5.88. The van der Waals surface area contributed by atoms with Gasteiger partial charge in [0.2, 0.25) is 0 Å². The van der Waals surface area contributed by atoms with E-state index in [1.807, 2.05) is 0 Å². The van der Waals surface area contributed by atoms with E-state index in [0.29, 0.717) is 12.5 Å². The zero-order valence-corrected chi connectivity index (χ0v) is 13.4. The smallest absolute Gasteiger partial charge is 0.189 e. The molecule has 0 aliphatic heterocycles. The number of guanidine groups is 1. The number of rotatable bonds is 5. The zero-order chi connectivity index (χ0) is 15.2. The molecule has 0 spiro atoms. The Kier molecular flexibility index (Phi) is 5.86. The Labute approximate surface area is 123 Å². The molecular formula is C16H28N4. The first-order valence-electron chi connectivity index (χ1n) is 7.22. The second kappa shape index (κ2) is 7.17. The number of para-hydroxylation sites is 1. The molecule has 0 amide bonds. The molecule has 1 rings (SSSR count). The lowest BCUT2D eigenvalue weighted by Gasteiger charge is -2.25. The summed E-state index contributed by atoms with van der Waals surface area (Å²) >= 11 is 0. The van der Waals surface area contributed by atoms with Crippen LogP contribution in [0.4, 0.5) is 5.69 Å². The van der Waals surface area contributed by atoms with Gasteiger partial charge in [0.1, 0.15) is 0 Å². The highest BCUT2D eigenvalue weighted by atomic mass is 15.2. The van der Waals surface area contributed by atoms with Gasteiger partial charge in [0.05, 0.1) is 6.54 Å². The summed E-state index contributed by atoms with van der Waals surface area (Å²) in [7, 11) is 0. The van der Waals surface area contributed by atoms with E-state index < -0.39 is 0 Å². The number of benzene rings is 1. The Hall–Kier alpha value is -1.71. The summed E-state index contributed by atoms with van der Waals surface area (Å²) in [5.74, 6) is 0.512. The fourth-order valence-corrected chi connectivity index (χ4v) is 2.08. The molecule has 0 aliphatic carbocycles. The molecule has 0 radical (unpaired) electrons. The van der Waals surface area contributed by atoms with Crippen LogP contribution in [0.5, 0.6) is 0 Å². The largest absolute Gasteiger partial charge is 0.370 e. The average molecular weight is 276 g/mol. The molecule has 0 saturated carbocycles. The predicted molar refractivity (Wildman–Crippen MR) is 88.4 cm³/mol. The van der Waals surface area contributed by atoms with Gasteiger partial charge in [0.25, 0.3) is 0 Å². The minimum Gasteiger partial charge on any atom is -0.370 e. The van der Waals surface area contributed by atoms with Crippen molar-refractivity contribution in [1.29, 1.82) is 0 Å². The van der Waals surface area contributed by atoms with Gasteiger partial charge in [-0.3, -0.25) is 4.99 Å². The van der Waals surface area contributed by atoms with E-state index in [1.165, 1.54) is 11.3 Å². The van der Waals surface area contributed by atoms with E-state index in [4.69, 9.17) is 5.73 Å². The first kappa shape index (κ1) is 16.3. The fraction of sp³-hybridized carbons (Fsp3) is 0.562. The number of nitrogens with two attached hydrogens (primary N) is 1.